The molecule has 3 rings (SSSR count). The zero-order chi connectivity index (χ0) is 20.3. The second-order valence-corrected chi connectivity index (χ2v) is 6.35. The van der Waals surface area contributed by atoms with Gasteiger partial charge in [0, 0.05) is 5.02 Å². The lowest BCUT2D eigenvalue weighted by Crippen LogP contribution is -2.24. The summed E-state index contributed by atoms with van der Waals surface area (Å²) < 4.78 is 15.7. The fourth-order valence-corrected chi connectivity index (χ4v) is 2.66. The first kappa shape index (κ1) is 19.4. The van der Waals surface area contributed by atoms with E-state index in [1.807, 2.05) is 13.8 Å². The van der Waals surface area contributed by atoms with Crippen LogP contribution in [-0.2, 0) is 4.79 Å². The van der Waals surface area contributed by atoms with Crippen LogP contribution in [0.15, 0.2) is 29.4 Å². The average Bonchev–Trinajstić information content (AvgIpc) is 3.11. The summed E-state index contributed by atoms with van der Waals surface area (Å²) in [4.78, 5) is 22.5. The Hall–Kier alpha value is -3.33. The molecule has 2 aromatic carbocycles. The van der Waals surface area contributed by atoms with Gasteiger partial charge in [0.05, 0.1) is 22.8 Å². The number of halogens is 1. The molecule has 0 fully saturated rings. The number of nitrogens with zero attached hydrogens (tertiary/aromatic N) is 2. The number of hydrogen-bond acceptors (Lipinski definition) is 7. The number of carbonyl (C=O) groups is 1. The molecule has 0 spiro atoms. The quantitative estimate of drug-likeness (QED) is 0.449. The predicted octanol–water partition coefficient (Wildman–Crippen LogP) is 3.12. The van der Waals surface area contributed by atoms with Crippen molar-refractivity contribution in [1.29, 1.82) is 0 Å². The van der Waals surface area contributed by atoms with Crippen molar-refractivity contribution < 1.29 is 23.9 Å². The standard InChI is InChI=1S/C18H16ClN3O6/c1-10-3-13(4-11(2)18(10)19)26-8-17(23)21-20-7-12-5-15-16(28-9-27-15)6-14(12)22(24)25/h3-7H,8-9H2,1-2H3,(H,21,23). The molecule has 1 aliphatic heterocycles. The molecule has 1 amide bonds. The first-order chi connectivity index (χ1) is 13.3. The highest BCUT2D eigenvalue weighted by Crippen LogP contribution is 2.37. The van der Waals surface area contributed by atoms with Crippen LogP contribution in [0.3, 0.4) is 0 Å². The maximum atomic E-state index is 11.9. The Labute approximate surface area is 165 Å². The third-order valence-corrected chi connectivity index (χ3v) is 4.49. The van der Waals surface area contributed by atoms with Gasteiger partial charge in [0.25, 0.3) is 11.6 Å². The van der Waals surface area contributed by atoms with Gasteiger partial charge in [-0.25, -0.2) is 5.43 Å². The molecule has 10 heteroatoms. The summed E-state index contributed by atoms with van der Waals surface area (Å²) in [6.07, 6.45) is 1.16. The molecule has 0 atom stereocenters. The van der Waals surface area contributed by atoms with Crippen LogP contribution in [0.2, 0.25) is 5.02 Å². The summed E-state index contributed by atoms with van der Waals surface area (Å²) in [5.74, 6) is 0.639. The van der Waals surface area contributed by atoms with E-state index < -0.39 is 10.8 Å². The predicted molar refractivity (Wildman–Crippen MR) is 101 cm³/mol. The topological polar surface area (TPSA) is 112 Å². The van der Waals surface area contributed by atoms with Crippen molar-refractivity contribution >= 4 is 29.4 Å². The summed E-state index contributed by atoms with van der Waals surface area (Å²) in [7, 11) is 0. The molecule has 28 heavy (non-hydrogen) atoms. The monoisotopic (exact) mass is 405 g/mol. The number of ether oxygens (including phenoxy) is 3. The van der Waals surface area contributed by atoms with Gasteiger partial charge in [-0.3, -0.25) is 14.9 Å². The maximum absolute atomic E-state index is 11.9. The molecule has 1 N–H and O–H groups in total. The number of aryl methyl sites for hydroxylation is 2. The molecule has 2 aromatic rings. The number of carbonyl (C=O) groups excluding carboxylic acids is 1. The zero-order valence-electron chi connectivity index (χ0n) is 15.0. The molecule has 0 saturated heterocycles. The molecular weight excluding hydrogens is 390 g/mol. The molecule has 1 heterocycles. The van der Waals surface area contributed by atoms with Crippen molar-refractivity contribution in [3.05, 3.63) is 56.1 Å². The zero-order valence-corrected chi connectivity index (χ0v) is 15.8. The van der Waals surface area contributed by atoms with Crippen LogP contribution in [-0.4, -0.2) is 30.4 Å². The lowest BCUT2D eigenvalue weighted by Gasteiger charge is -2.09. The fourth-order valence-electron chi connectivity index (χ4n) is 2.55. The van der Waals surface area contributed by atoms with E-state index in [1.54, 1.807) is 12.1 Å². The van der Waals surface area contributed by atoms with E-state index in [9.17, 15) is 14.9 Å². The number of rotatable bonds is 6. The van der Waals surface area contributed by atoms with E-state index in [1.165, 1.54) is 12.1 Å². The number of nitrogens with one attached hydrogen (secondary N) is 1. The van der Waals surface area contributed by atoms with Gasteiger partial charge >= 0.3 is 0 Å². The van der Waals surface area contributed by atoms with Gasteiger partial charge in [-0.15, -0.1) is 0 Å². The van der Waals surface area contributed by atoms with Gasteiger partial charge in [0.15, 0.2) is 18.1 Å². The number of nitro benzene ring substituents is 1. The number of fused-ring (bicyclic) bond motifs is 1. The van der Waals surface area contributed by atoms with Crippen molar-refractivity contribution in [2.75, 3.05) is 13.4 Å². The Morgan fingerprint density at radius 1 is 1.29 bits per heavy atom. The lowest BCUT2D eigenvalue weighted by molar-refractivity contribution is -0.385. The largest absolute Gasteiger partial charge is 0.484 e. The molecule has 0 aliphatic carbocycles. The van der Waals surface area contributed by atoms with Crippen molar-refractivity contribution in [3.63, 3.8) is 0 Å². The molecule has 1 aliphatic rings. The molecule has 0 radical (unpaired) electrons. The van der Waals surface area contributed by atoms with E-state index in [-0.39, 0.29) is 30.4 Å². The Balaban J connectivity index is 1.62. The van der Waals surface area contributed by atoms with E-state index in [0.717, 1.165) is 17.3 Å². The summed E-state index contributed by atoms with van der Waals surface area (Å²) in [6.45, 7) is 3.39. The van der Waals surface area contributed by atoms with Crippen molar-refractivity contribution in [3.8, 4) is 17.2 Å². The molecule has 0 saturated carbocycles. The Morgan fingerprint density at radius 3 is 2.57 bits per heavy atom. The van der Waals surface area contributed by atoms with Gasteiger partial charge in [0.2, 0.25) is 6.79 Å². The highest BCUT2D eigenvalue weighted by Gasteiger charge is 2.22. The molecule has 0 aromatic heterocycles. The highest BCUT2D eigenvalue weighted by molar-refractivity contribution is 6.32. The molecule has 9 nitrogen and oxygen atoms in total. The Morgan fingerprint density at radius 2 is 1.93 bits per heavy atom. The minimum atomic E-state index is -0.570. The number of amides is 1. The number of nitro groups is 1. The average molecular weight is 406 g/mol. The van der Waals surface area contributed by atoms with Crippen LogP contribution >= 0.6 is 11.6 Å². The molecular formula is C18H16ClN3O6. The third-order valence-electron chi connectivity index (χ3n) is 3.89. The summed E-state index contributed by atoms with van der Waals surface area (Å²) in [5, 5.41) is 15.6. The first-order valence-electron chi connectivity index (χ1n) is 8.14. The fraction of sp³-hybridized carbons (Fsp3) is 0.222. The normalized spacial score (nSPS) is 12.2. The van der Waals surface area contributed by atoms with Crippen LogP contribution in [0.4, 0.5) is 5.69 Å². The highest BCUT2D eigenvalue weighted by atomic mass is 35.5. The summed E-state index contributed by atoms with van der Waals surface area (Å²) >= 11 is 6.09. The van der Waals surface area contributed by atoms with Crippen molar-refractivity contribution in [1.82, 2.24) is 5.43 Å². The van der Waals surface area contributed by atoms with Crippen LogP contribution in [0, 0.1) is 24.0 Å². The molecule has 0 unspecified atom stereocenters. The van der Waals surface area contributed by atoms with E-state index >= 15 is 0 Å². The minimum Gasteiger partial charge on any atom is -0.484 e. The van der Waals surface area contributed by atoms with E-state index in [4.69, 9.17) is 25.8 Å². The van der Waals surface area contributed by atoms with E-state index in [2.05, 4.69) is 10.5 Å². The number of benzene rings is 2. The van der Waals surface area contributed by atoms with Gasteiger partial charge in [-0.05, 0) is 43.2 Å². The number of hydrazone groups is 1. The minimum absolute atomic E-state index is 0.00912. The smallest absolute Gasteiger partial charge is 0.282 e. The van der Waals surface area contributed by atoms with Gasteiger partial charge in [0.1, 0.15) is 5.75 Å². The van der Waals surface area contributed by atoms with E-state index in [0.29, 0.717) is 16.5 Å². The van der Waals surface area contributed by atoms with Crippen LogP contribution in [0.1, 0.15) is 16.7 Å². The van der Waals surface area contributed by atoms with Crippen LogP contribution in [0.25, 0.3) is 0 Å². The van der Waals surface area contributed by atoms with Gasteiger partial charge < -0.3 is 14.2 Å². The summed E-state index contributed by atoms with van der Waals surface area (Å²) in [6, 6.07) is 6.12. The second-order valence-electron chi connectivity index (χ2n) is 5.97. The molecule has 0 bridgehead atoms. The Bertz CT molecular complexity index is 953. The summed E-state index contributed by atoms with van der Waals surface area (Å²) in [5.41, 5.74) is 3.89. The van der Waals surface area contributed by atoms with Crippen molar-refractivity contribution in [2.24, 2.45) is 5.10 Å². The third kappa shape index (κ3) is 4.32. The van der Waals surface area contributed by atoms with Crippen molar-refractivity contribution in [2.45, 2.75) is 13.8 Å². The number of hydrogen-bond donors (Lipinski definition) is 1. The maximum Gasteiger partial charge on any atom is 0.282 e. The SMILES string of the molecule is Cc1cc(OCC(=O)NN=Cc2cc3c(cc2[N+](=O)[O-])OCO3)cc(C)c1Cl. The van der Waals surface area contributed by atoms with Crippen LogP contribution in [0.5, 0.6) is 17.2 Å². The second kappa shape index (κ2) is 8.13. The molecule has 146 valence electrons. The first-order valence-corrected chi connectivity index (χ1v) is 8.52. The lowest BCUT2D eigenvalue weighted by atomic mass is 10.1. The van der Waals surface area contributed by atoms with Gasteiger partial charge in [-0.1, -0.05) is 11.6 Å². The Kier molecular flexibility index (Phi) is 5.65. The van der Waals surface area contributed by atoms with Crippen LogP contribution < -0.4 is 19.6 Å². The van der Waals surface area contributed by atoms with Gasteiger partial charge in [-0.2, -0.15) is 5.10 Å².